The Balaban J connectivity index is 2.32. The summed E-state index contributed by atoms with van der Waals surface area (Å²) in [6, 6.07) is 0. The first-order chi connectivity index (χ1) is 8.43. The van der Waals surface area contributed by atoms with Crippen LogP contribution in [0.3, 0.4) is 0 Å². The first kappa shape index (κ1) is 15.1. The number of hydrogen-bond acceptors (Lipinski definition) is 5. The topological polar surface area (TPSA) is 66.2 Å². The predicted octanol–water partition coefficient (Wildman–Crippen LogP) is -0.0522. The molecular formula is C12H25N5O. The minimum absolute atomic E-state index is 0.0894. The molecule has 0 saturated heterocycles. The number of rotatable bonds is 8. The predicted molar refractivity (Wildman–Crippen MR) is 71.1 cm³/mol. The SMILES string of the molecule is CN(C)CC(C)(C)CNCc1cn(CCO)nn1. The highest BCUT2D eigenvalue weighted by atomic mass is 16.3. The summed E-state index contributed by atoms with van der Waals surface area (Å²) in [4.78, 5) is 2.19. The van der Waals surface area contributed by atoms with Crippen LogP contribution < -0.4 is 5.32 Å². The number of nitrogens with zero attached hydrogens (tertiary/aromatic N) is 4. The van der Waals surface area contributed by atoms with E-state index in [4.69, 9.17) is 5.11 Å². The van der Waals surface area contributed by atoms with E-state index < -0.39 is 0 Å². The summed E-state index contributed by atoms with van der Waals surface area (Å²) in [6.07, 6.45) is 1.86. The van der Waals surface area contributed by atoms with E-state index in [-0.39, 0.29) is 12.0 Å². The summed E-state index contributed by atoms with van der Waals surface area (Å²) in [7, 11) is 4.17. The van der Waals surface area contributed by atoms with Gasteiger partial charge in [0.05, 0.1) is 18.8 Å². The number of aliphatic hydroxyl groups excluding tert-OH is 1. The molecule has 0 aliphatic carbocycles. The van der Waals surface area contributed by atoms with Gasteiger partial charge in [0.2, 0.25) is 0 Å². The summed E-state index contributed by atoms with van der Waals surface area (Å²) >= 11 is 0. The molecule has 0 aromatic carbocycles. The first-order valence-corrected chi connectivity index (χ1v) is 6.28. The van der Waals surface area contributed by atoms with Crippen LogP contribution in [0.2, 0.25) is 0 Å². The molecule has 0 fully saturated rings. The molecule has 0 atom stereocenters. The van der Waals surface area contributed by atoms with Gasteiger partial charge in [-0.05, 0) is 19.5 Å². The zero-order valence-corrected chi connectivity index (χ0v) is 11.8. The summed E-state index contributed by atoms with van der Waals surface area (Å²) in [5, 5.41) is 20.2. The van der Waals surface area contributed by atoms with Crippen LogP contribution in [0.5, 0.6) is 0 Å². The minimum atomic E-state index is 0.0894. The Kier molecular flexibility index (Phi) is 5.71. The summed E-state index contributed by atoms with van der Waals surface area (Å²) in [5.41, 5.74) is 1.13. The quantitative estimate of drug-likeness (QED) is 0.682. The van der Waals surface area contributed by atoms with Gasteiger partial charge in [0.15, 0.2) is 0 Å². The number of hydrogen-bond donors (Lipinski definition) is 2. The monoisotopic (exact) mass is 255 g/mol. The standard InChI is InChI=1S/C12H25N5O/c1-12(2,10-16(3)4)9-13-7-11-8-17(5-6-18)15-14-11/h8,13,18H,5-7,9-10H2,1-4H3. The summed E-state index contributed by atoms with van der Waals surface area (Å²) in [5.74, 6) is 0. The molecule has 0 saturated carbocycles. The van der Waals surface area contributed by atoms with Crippen LogP contribution in [-0.2, 0) is 13.1 Å². The molecule has 2 N–H and O–H groups in total. The fraction of sp³-hybridized carbons (Fsp3) is 0.833. The molecule has 0 radical (unpaired) electrons. The fourth-order valence-electron chi connectivity index (χ4n) is 2.07. The number of nitrogens with one attached hydrogen (secondary N) is 1. The van der Waals surface area contributed by atoms with Crippen LogP contribution in [0.25, 0.3) is 0 Å². The van der Waals surface area contributed by atoms with Gasteiger partial charge >= 0.3 is 0 Å². The molecule has 0 aliphatic heterocycles. The lowest BCUT2D eigenvalue weighted by molar-refractivity contribution is 0.232. The third kappa shape index (κ3) is 5.57. The number of aliphatic hydroxyl groups is 1. The molecule has 104 valence electrons. The lowest BCUT2D eigenvalue weighted by Crippen LogP contribution is -2.37. The van der Waals surface area contributed by atoms with Crippen molar-refractivity contribution in [3.05, 3.63) is 11.9 Å². The van der Waals surface area contributed by atoms with Gasteiger partial charge < -0.3 is 15.3 Å². The first-order valence-electron chi connectivity index (χ1n) is 6.28. The van der Waals surface area contributed by atoms with Crippen molar-refractivity contribution in [3.8, 4) is 0 Å². The fourth-order valence-corrected chi connectivity index (χ4v) is 2.07. The van der Waals surface area contributed by atoms with E-state index in [0.717, 1.165) is 18.8 Å². The molecule has 6 nitrogen and oxygen atoms in total. The molecule has 0 unspecified atom stereocenters. The van der Waals surface area contributed by atoms with Crippen LogP contribution in [-0.4, -0.2) is 58.8 Å². The van der Waals surface area contributed by atoms with Crippen LogP contribution in [0.4, 0.5) is 0 Å². The van der Waals surface area contributed by atoms with E-state index in [2.05, 4.69) is 48.5 Å². The van der Waals surface area contributed by atoms with E-state index in [1.165, 1.54) is 0 Å². The molecule has 1 aromatic heterocycles. The molecule has 1 heterocycles. The van der Waals surface area contributed by atoms with Crippen molar-refractivity contribution in [1.29, 1.82) is 0 Å². The summed E-state index contributed by atoms with van der Waals surface area (Å²) < 4.78 is 1.65. The highest BCUT2D eigenvalue weighted by Crippen LogP contribution is 2.14. The van der Waals surface area contributed by atoms with Crippen molar-refractivity contribution in [2.75, 3.05) is 33.8 Å². The maximum absolute atomic E-state index is 8.79. The van der Waals surface area contributed by atoms with Gasteiger partial charge in [0, 0.05) is 25.8 Å². The second-order valence-corrected chi connectivity index (χ2v) is 5.70. The van der Waals surface area contributed by atoms with Crippen LogP contribution in [0.1, 0.15) is 19.5 Å². The molecular weight excluding hydrogens is 230 g/mol. The van der Waals surface area contributed by atoms with Gasteiger partial charge in [0.1, 0.15) is 0 Å². The second kappa shape index (κ2) is 6.82. The smallest absolute Gasteiger partial charge is 0.0964 e. The molecule has 0 aliphatic rings. The van der Waals surface area contributed by atoms with Gasteiger partial charge in [-0.15, -0.1) is 5.10 Å². The van der Waals surface area contributed by atoms with Crippen molar-refractivity contribution in [3.63, 3.8) is 0 Å². The van der Waals surface area contributed by atoms with E-state index in [1.807, 2.05) is 6.20 Å². The van der Waals surface area contributed by atoms with Gasteiger partial charge in [-0.25, -0.2) is 4.68 Å². The third-order valence-electron chi connectivity index (χ3n) is 2.57. The Hall–Kier alpha value is -0.980. The van der Waals surface area contributed by atoms with Crippen LogP contribution in [0, 0.1) is 5.41 Å². The Bertz CT molecular complexity index is 348. The van der Waals surface area contributed by atoms with Crippen molar-refractivity contribution >= 4 is 0 Å². The molecule has 1 rings (SSSR count). The molecule has 6 heteroatoms. The largest absolute Gasteiger partial charge is 0.394 e. The van der Waals surface area contributed by atoms with Gasteiger partial charge in [-0.3, -0.25) is 0 Å². The van der Waals surface area contributed by atoms with Crippen LogP contribution in [0.15, 0.2) is 6.20 Å². The van der Waals surface area contributed by atoms with E-state index in [1.54, 1.807) is 4.68 Å². The molecule has 18 heavy (non-hydrogen) atoms. The molecule has 0 amide bonds. The summed E-state index contributed by atoms with van der Waals surface area (Å²) in [6.45, 7) is 7.74. The molecule has 0 spiro atoms. The van der Waals surface area contributed by atoms with Crippen molar-refractivity contribution in [2.45, 2.75) is 26.9 Å². The lowest BCUT2D eigenvalue weighted by Gasteiger charge is -2.28. The van der Waals surface area contributed by atoms with Gasteiger partial charge in [0.25, 0.3) is 0 Å². The maximum atomic E-state index is 8.79. The average molecular weight is 255 g/mol. The van der Waals surface area contributed by atoms with Gasteiger partial charge in [-0.1, -0.05) is 19.1 Å². The zero-order chi connectivity index (χ0) is 13.6. The minimum Gasteiger partial charge on any atom is -0.394 e. The van der Waals surface area contributed by atoms with E-state index >= 15 is 0 Å². The Morgan fingerprint density at radius 1 is 1.44 bits per heavy atom. The Morgan fingerprint density at radius 3 is 2.78 bits per heavy atom. The van der Waals surface area contributed by atoms with Crippen molar-refractivity contribution < 1.29 is 5.11 Å². The molecule has 0 bridgehead atoms. The van der Waals surface area contributed by atoms with E-state index in [9.17, 15) is 0 Å². The van der Waals surface area contributed by atoms with Crippen molar-refractivity contribution in [2.24, 2.45) is 5.41 Å². The maximum Gasteiger partial charge on any atom is 0.0964 e. The van der Waals surface area contributed by atoms with E-state index in [0.29, 0.717) is 13.1 Å². The van der Waals surface area contributed by atoms with Crippen molar-refractivity contribution in [1.82, 2.24) is 25.2 Å². The third-order valence-corrected chi connectivity index (χ3v) is 2.57. The zero-order valence-electron chi connectivity index (χ0n) is 11.8. The normalized spacial score (nSPS) is 12.3. The highest BCUT2D eigenvalue weighted by Gasteiger charge is 2.18. The Labute approximate surface area is 109 Å². The molecule has 1 aromatic rings. The highest BCUT2D eigenvalue weighted by molar-refractivity contribution is 4.92. The lowest BCUT2D eigenvalue weighted by atomic mass is 9.93. The average Bonchev–Trinajstić information content (AvgIpc) is 2.64. The second-order valence-electron chi connectivity index (χ2n) is 5.70. The van der Waals surface area contributed by atoms with Crippen LogP contribution >= 0.6 is 0 Å². The Morgan fingerprint density at radius 2 is 2.17 bits per heavy atom. The number of aromatic nitrogens is 3. The van der Waals surface area contributed by atoms with Gasteiger partial charge in [-0.2, -0.15) is 0 Å².